The zero-order valence-electron chi connectivity index (χ0n) is 11.1. The van der Waals surface area contributed by atoms with Gasteiger partial charge in [-0.3, -0.25) is 0 Å². The Labute approximate surface area is 117 Å². The highest BCUT2D eigenvalue weighted by molar-refractivity contribution is 5.94. The standard InChI is InChI=1S/C17H14O3/c1-19-13-9-6-12(7-10-13)8-11-16-14-4-2-3-5-15(14)17(18)20-16/h2-11,16H,1H3/b11-8+. The van der Waals surface area contributed by atoms with Crippen molar-refractivity contribution in [2.24, 2.45) is 0 Å². The molecule has 0 fully saturated rings. The predicted molar refractivity (Wildman–Crippen MR) is 76.6 cm³/mol. The molecule has 0 amide bonds. The number of esters is 1. The molecule has 0 radical (unpaired) electrons. The van der Waals surface area contributed by atoms with Gasteiger partial charge in [0.2, 0.25) is 0 Å². The lowest BCUT2D eigenvalue weighted by atomic mass is 10.0. The maximum atomic E-state index is 11.7. The van der Waals surface area contributed by atoms with Crippen molar-refractivity contribution in [1.82, 2.24) is 0 Å². The monoisotopic (exact) mass is 266 g/mol. The fourth-order valence-electron chi connectivity index (χ4n) is 2.23. The topological polar surface area (TPSA) is 35.5 Å². The summed E-state index contributed by atoms with van der Waals surface area (Å²) in [4.78, 5) is 11.7. The van der Waals surface area contributed by atoms with E-state index in [1.807, 2.05) is 54.6 Å². The summed E-state index contributed by atoms with van der Waals surface area (Å²) in [6.07, 6.45) is 3.53. The quantitative estimate of drug-likeness (QED) is 0.796. The summed E-state index contributed by atoms with van der Waals surface area (Å²) in [5, 5.41) is 0. The van der Waals surface area contributed by atoms with Gasteiger partial charge in [0.15, 0.2) is 0 Å². The van der Waals surface area contributed by atoms with Gasteiger partial charge in [-0.05, 0) is 29.8 Å². The molecule has 0 saturated heterocycles. The Morgan fingerprint density at radius 1 is 1.10 bits per heavy atom. The highest BCUT2D eigenvalue weighted by Gasteiger charge is 2.28. The molecule has 0 bridgehead atoms. The lowest BCUT2D eigenvalue weighted by molar-refractivity contribution is 0.0468. The molecule has 0 N–H and O–H groups in total. The van der Waals surface area contributed by atoms with E-state index >= 15 is 0 Å². The Kier molecular flexibility index (Phi) is 3.25. The van der Waals surface area contributed by atoms with E-state index in [-0.39, 0.29) is 12.1 Å². The Bertz CT molecular complexity index is 656. The summed E-state index contributed by atoms with van der Waals surface area (Å²) in [5.74, 6) is 0.560. The number of hydrogen-bond acceptors (Lipinski definition) is 3. The van der Waals surface area contributed by atoms with Gasteiger partial charge >= 0.3 is 5.97 Å². The van der Waals surface area contributed by atoms with Gasteiger partial charge in [0, 0.05) is 5.56 Å². The molecule has 0 spiro atoms. The normalized spacial score (nSPS) is 17.1. The van der Waals surface area contributed by atoms with Gasteiger partial charge in [-0.2, -0.15) is 0 Å². The fraction of sp³-hybridized carbons (Fsp3) is 0.118. The van der Waals surface area contributed by atoms with Gasteiger partial charge in [0.1, 0.15) is 11.9 Å². The third-order valence-electron chi connectivity index (χ3n) is 3.30. The van der Waals surface area contributed by atoms with Gasteiger partial charge in [-0.15, -0.1) is 0 Å². The molecule has 0 aromatic heterocycles. The molecule has 1 aliphatic rings. The molecule has 1 heterocycles. The number of methoxy groups -OCH3 is 1. The molecular weight excluding hydrogens is 252 g/mol. The van der Waals surface area contributed by atoms with E-state index in [4.69, 9.17) is 9.47 Å². The lowest BCUT2D eigenvalue weighted by Crippen LogP contribution is -1.95. The van der Waals surface area contributed by atoms with Crippen LogP contribution in [0.3, 0.4) is 0 Å². The van der Waals surface area contributed by atoms with Crippen LogP contribution in [0.1, 0.15) is 27.6 Å². The highest BCUT2D eigenvalue weighted by Crippen LogP contribution is 2.31. The molecule has 3 nitrogen and oxygen atoms in total. The van der Waals surface area contributed by atoms with Crippen molar-refractivity contribution in [3.05, 3.63) is 71.3 Å². The SMILES string of the molecule is COc1ccc(/C=C/C2OC(=O)c3ccccc32)cc1. The van der Waals surface area contributed by atoms with Gasteiger partial charge < -0.3 is 9.47 Å². The molecule has 3 heteroatoms. The minimum Gasteiger partial charge on any atom is -0.497 e. The maximum Gasteiger partial charge on any atom is 0.339 e. The van der Waals surface area contributed by atoms with Crippen LogP contribution < -0.4 is 4.74 Å². The van der Waals surface area contributed by atoms with Crippen LogP contribution in [-0.2, 0) is 4.74 Å². The first-order valence-electron chi connectivity index (χ1n) is 6.40. The second-order valence-electron chi connectivity index (χ2n) is 4.55. The van der Waals surface area contributed by atoms with Crippen LogP contribution in [0, 0.1) is 0 Å². The van der Waals surface area contributed by atoms with Crippen LogP contribution in [0.2, 0.25) is 0 Å². The second-order valence-corrected chi connectivity index (χ2v) is 4.55. The van der Waals surface area contributed by atoms with Crippen LogP contribution in [0.5, 0.6) is 5.75 Å². The molecule has 0 saturated carbocycles. The van der Waals surface area contributed by atoms with Crippen molar-refractivity contribution in [3.63, 3.8) is 0 Å². The molecule has 100 valence electrons. The Balaban J connectivity index is 1.81. The minimum atomic E-state index is -0.305. The summed E-state index contributed by atoms with van der Waals surface area (Å²) in [5.41, 5.74) is 2.60. The highest BCUT2D eigenvalue weighted by atomic mass is 16.5. The largest absolute Gasteiger partial charge is 0.497 e. The molecule has 2 aromatic carbocycles. The van der Waals surface area contributed by atoms with E-state index in [1.165, 1.54) is 0 Å². The third kappa shape index (κ3) is 2.30. The van der Waals surface area contributed by atoms with E-state index in [0.717, 1.165) is 16.9 Å². The molecule has 3 rings (SSSR count). The number of rotatable bonds is 3. The number of cyclic esters (lactones) is 1. The average molecular weight is 266 g/mol. The maximum absolute atomic E-state index is 11.7. The second kappa shape index (κ2) is 5.21. The third-order valence-corrected chi connectivity index (χ3v) is 3.30. The van der Waals surface area contributed by atoms with E-state index in [0.29, 0.717) is 5.56 Å². The van der Waals surface area contributed by atoms with Crippen molar-refractivity contribution in [2.45, 2.75) is 6.10 Å². The smallest absolute Gasteiger partial charge is 0.339 e. The lowest BCUT2D eigenvalue weighted by Gasteiger charge is -2.04. The van der Waals surface area contributed by atoms with Crippen LogP contribution >= 0.6 is 0 Å². The van der Waals surface area contributed by atoms with Crippen molar-refractivity contribution in [1.29, 1.82) is 0 Å². The van der Waals surface area contributed by atoms with Gasteiger partial charge in [0.25, 0.3) is 0 Å². The van der Waals surface area contributed by atoms with Crippen LogP contribution in [0.4, 0.5) is 0 Å². The minimum absolute atomic E-state index is 0.259. The zero-order chi connectivity index (χ0) is 13.9. The summed E-state index contributed by atoms with van der Waals surface area (Å²) < 4.78 is 10.5. The zero-order valence-corrected chi connectivity index (χ0v) is 11.1. The number of fused-ring (bicyclic) bond motifs is 1. The van der Waals surface area contributed by atoms with Crippen molar-refractivity contribution >= 4 is 12.0 Å². The summed E-state index contributed by atoms with van der Waals surface area (Å²) in [7, 11) is 1.64. The first kappa shape index (κ1) is 12.5. The molecule has 1 unspecified atom stereocenters. The van der Waals surface area contributed by atoms with Crippen LogP contribution in [0.25, 0.3) is 6.08 Å². The number of carbonyl (C=O) groups is 1. The first-order chi connectivity index (χ1) is 9.78. The van der Waals surface area contributed by atoms with E-state index in [2.05, 4.69) is 0 Å². The van der Waals surface area contributed by atoms with Crippen molar-refractivity contribution < 1.29 is 14.3 Å². The molecule has 1 aliphatic heterocycles. The van der Waals surface area contributed by atoms with Crippen molar-refractivity contribution in [2.75, 3.05) is 7.11 Å². The van der Waals surface area contributed by atoms with E-state index in [9.17, 15) is 4.79 Å². The molecule has 20 heavy (non-hydrogen) atoms. The number of hydrogen-bond donors (Lipinski definition) is 0. The molecular formula is C17H14O3. The van der Waals surface area contributed by atoms with Crippen LogP contribution in [-0.4, -0.2) is 13.1 Å². The van der Waals surface area contributed by atoms with Gasteiger partial charge in [-0.25, -0.2) is 4.79 Å². The summed E-state index contributed by atoms with van der Waals surface area (Å²) in [6.45, 7) is 0. The van der Waals surface area contributed by atoms with Gasteiger partial charge in [-0.1, -0.05) is 36.4 Å². The number of ether oxygens (including phenoxy) is 2. The molecule has 0 aliphatic carbocycles. The van der Waals surface area contributed by atoms with E-state index < -0.39 is 0 Å². The van der Waals surface area contributed by atoms with Crippen molar-refractivity contribution in [3.8, 4) is 5.75 Å². The van der Waals surface area contributed by atoms with Gasteiger partial charge in [0.05, 0.1) is 12.7 Å². The molecule has 2 aromatic rings. The fourth-order valence-corrected chi connectivity index (χ4v) is 2.23. The summed E-state index contributed by atoms with van der Waals surface area (Å²) in [6, 6.07) is 15.2. The first-order valence-corrected chi connectivity index (χ1v) is 6.40. The number of carbonyl (C=O) groups excluding carboxylic acids is 1. The Morgan fingerprint density at radius 2 is 1.85 bits per heavy atom. The molecule has 1 atom stereocenters. The summed E-state index contributed by atoms with van der Waals surface area (Å²) >= 11 is 0. The Morgan fingerprint density at radius 3 is 2.60 bits per heavy atom. The Hall–Kier alpha value is -2.55. The number of benzene rings is 2. The predicted octanol–water partition coefficient (Wildman–Crippen LogP) is 3.62. The van der Waals surface area contributed by atoms with Crippen LogP contribution in [0.15, 0.2) is 54.6 Å². The van der Waals surface area contributed by atoms with E-state index in [1.54, 1.807) is 13.2 Å². The average Bonchev–Trinajstić information content (AvgIpc) is 2.83.